The third-order valence-corrected chi connectivity index (χ3v) is 3.57. The van der Waals surface area contributed by atoms with Gasteiger partial charge in [0, 0.05) is 26.3 Å². The van der Waals surface area contributed by atoms with Crippen LogP contribution >= 0.6 is 0 Å². The minimum absolute atomic E-state index is 0.204. The SMILES string of the molecule is COCCOc1ccc(NC(=O)NC[C@H]2CCN(C)C2)cn1. The number of hydrogen-bond acceptors (Lipinski definition) is 5. The fourth-order valence-corrected chi connectivity index (χ4v) is 2.37. The zero-order valence-corrected chi connectivity index (χ0v) is 13.2. The van der Waals surface area contributed by atoms with Crippen molar-refractivity contribution in [2.24, 2.45) is 5.92 Å². The van der Waals surface area contributed by atoms with E-state index in [0.717, 1.165) is 19.5 Å². The highest BCUT2D eigenvalue weighted by Crippen LogP contribution is 2.13. The molecule has 0 aromatic carbocycles. The molecule has 7 heteroatoms. The van der Waals surface area contributed by atoms with E-state index < -0.39 is 0 Å². The predicted molar refractivity (Wildman–Crippen MR) is 84.2 cm³/mol. The van der Waals surface area contributed by atoms with Gasteiger partial charge in [0.2, 0.25) is 5.88 Å². The van der Waals surface area contributed by atoms with Gasteiger partial charge in [-0.25, -0.2) is 9.78 Å². The van der Waals surface area contributed by atoms with Gasteiger partial charge in [0.1, 0.15) is 6.61 Å². The van der Waals surface area contributed by atoms with Crippen molar-refractivity contribution in [3.8, 4) is 5.88 Å². The number of hydrogen-bond donors (Lipinski definition) is 2. The highest BCUT2D eigenvalue weighted by Gasteiger charge is 2.19. The van der Waals surface area contributed by atoms with E-state index in [9.17, 15) is 4.79 Å². The van der Waals surface area contributed by atoms with E-state index in [-0.39, 0.29) is 6.03 Å². The summed E-state index contributed by atoms with van der Waals surface area (Å²) < 4.78 is 10.3. The Balaban J connectivity index is 1.69. The summed E-state index contributed by atoms with van der Waals surface area (Å²) in [6.07, 6.45) is 2.71. The maximum absolute atomic E-state index is 11.8. The number of nitrogens with zero attached hydrogens (tertiary/aromatic N) is 2. The van der Waals surface area contributed by atoms with E-state index in [0.29, 0.717) is 37.2 Å². The van der Waals surface area contributed by atoms with Crippen LogP contribution in [0.2, 0.25) is 0 Å². The van der Waals surface area contributed by atoms with Crippen LogP contribution in [-0.2, 0) is 4.74 Å². The Bertz CT molecular complexity index is 466. The smallest absolute Gasteiger partial charge is 0.319 e. The second-order valence-electron chi connectivity index (χ2n) is 5.48. The van der Waals surface area contributed by atoms with Gasteiger partial charge >= 0.3 is 6.03 Å². The van der Waals surface area contributed by atoms with Crippen molar-refractivity contribution < 1.29 is 14.3 Å². The molecule has 1 atom stereocenters. The largest absolute Gasteiger partial charge is 0.475 e. The molecule has 2 heterocycles. The molecule has 0 spiro atoms. The van der Waals surface area contributed by atoms with E-state index in [1.807, 2.05) is 0 Å². The molecule has 0 saturated carbocycles. The number of rotatable bonds is 7. The van der Waals surface area contributed by atoms with Crippen LogP contribution in [-0.4, -0.2) is 62.9 Å². The van der Waals surface area contributed by atoms with Crippen molar-refractivity contribution in [1.29, 1.82) is 0 Å². The normalized spacial score (nSPS) is 18.2. The summed E-state index contributed by atoms with van der Waals surface area (Å²) in [7, 11) is 3.72. The van der Waals surface area contributed by atoms with Gasteiger partial charge in [-0.1, -0.05) is 0 Å². The molecule has 7 nitrogen and oxygen atoms in total. The molecule has 0 aliphatic carbocycles. The molecule has 0 radical (unpaired) electrons. The van der Waals surface area contributed by atoms with Crippen LogP contribution in [0.5, 0.6) is 5.88 Å². The number of aromatic nitrogens is 1. The number of urea groups is 1. The third-order valence-electron chi connectivity index (χ3n) is 3.57. The number of pyridine rings is 1. The quantitative estimate of drug-likeness (QED) is 0.740. The maximum atomic E-state index is 11.8. The summed E-state index contributed by atoms with van der Waals surface area (Å²) in [5.74, 6) is 1.04. The highest BCUT2D eigenvalue weighted by atomic mass is 16.5. The van der Waals surface area contributed by atoms with Crippen LogP contribution in [0.1, 0.15) is 6.42 Å². The lowest BCUT2D eigenvalue weighted by Crippen LogP contribution is -2.33. The van der Waals surface area contributed by atoms with Crippen LogP contribution in [0.25, 0.3) is 0 Å². The number of nitrogens with one attached hydrogen (secondary N) is 2. The van der Waals surface area contributed by atoms with Crippen molar-refractivity contribution >= 4 is 11.7 Å². The topological polar surface area (TPSA) is 75.7 Å². The molecule has 122 valence electrons. The Labute approximate surface area is 131 Å². The first kappa shape index (κ1) is 16.5. The summed E-state index contributed by atoms with van der Waals surface area (Å²) in [5, 5.41) is 5.66. The van der Waals surface area contributed by atoms with Crippen molar-refractivity contribution in [3.63, 3.8) is 0 Å². The van der Waals surface area contributed by atoms with Gasteiger partial charge < -0.3 is 25.0 Å². The molecular formula is C15H24N4O3. The molecule has 2 amide bonds. The molecule has 1 aliphatic rings. The number of likely N-dealkylation sites (tertiary alicyclic amines) is 1. The average molecular weight is 308 g/mol. The molecular weight excluding hydrogens is 284 g/mol. The van der Waals surface area contributed by atoms with E-state index in [1.165, 1.54) is 0 Å². The Morgan fingerprint density at radius 3 is 2.95 bits per heavy atom. The van der Waals surface area contributed by atoms with Gasteiger partial charge in [-0.05, 0) is 32.0 Å². The van der Waals surface area contributed by atoms with Crippen molar-refractivity contribution in [2.75, 3.05) is 52.3 Å². The lowest BCUT2D eigenvalue weighted by Gasteiger charge is -2.12. The molecule has 2 rings (SSSR count). The lowest BCUT2D eigenvalue weighted by molar-refractivity contribution is 0.144. The Kier molecular flexibility index (Phi) is 6.42. The van der Waals surface area contributed by atoms with E-state index in [2.05, 4.69) is 27.6 Å². The first-order chi connectivity index (χ1) is 10.7. The maximum Gasteiger partial charge on any atom is 0.319 e. The van der Waals surface area contributed by atoms with Crippen LogP contribution < -0.4 is 15.4 Å². The van der Waals surface area contributed by atoms with Gasteiger partial charge in [-0.3, -0.25) is 0 Å². The molecule has 22 heavy (non-hydrogen) atoms. The minimum atomic E-state index is -0.204. The van der Waals surface area contributed by atoms with Crippen LogP contribution in [0.15, 0.2) is 18.3 Å². The summed E-state index contributed by atoms with van der Waals surface area (Å²) >= 11 is 0. The summed E-state index contributed by atoms with van der Waals surface area (Å²) in [6.45, 7) is 3.80. The van der Waals surface area contributed by atoms with Crippen molar-refractivity contribution in [2.45, 2.75) is 6.42 Å². The summed E-state index contributed by atoms with van der Waals surface area (Å²) in [5.41, 5.74) is 0.639. The zero-order valence-electron chi connectivity index (χ0n) is 13.2. The molecule has 0 unspecified atom stereocenters. The Hall–Kier alpha value is -1.86. The van der Waals surface area contributed by atoms with Crippen molar-refractivity contribution in [1.82, 2.24) is 15.2 Å². The number of amides is 2. The number of carbonyl (C=O) groups is 1. The first-order valence-electron chi connectivity index (χ1n) is 7.48. The Morgan fingerprint density at radius 2 is 2.32 bits per heavy atom. The number of anilines is 1. The Morgan fingerprint density at radius 1 is 1.45 bits per heavy atom. The second-order valence-corrected chi connectivity index (χ2v) is 5.48. The number of ether oxygens (including phenoxy) is 2. The standard InChI is InChI=1S/C15H24N4O3/c1-19-6-5-12(11-19)9-17-15(20)18-13-3-4-14(16-10-13)22-8-7-21-2/h3-4,10,12H,5-9,11H2,1-2H3,(H2,17,18,20)/t12-/m1/s1. The van der Waals surface area contributed by atoms with Crippen LogP contribution in [0.4, 0.5) is 10.5 Å². The first-order valence-corrected chi connectivity index (χ1v) is 7.48. The van der Waals surface area contributed by atoms with Crippen LogP contribution in [0.3, 0.4) is 0 Å². The lowest BCUT2D eigenvalue weighted by atomic mass is 10.1. The molecule has 1 aromatic rings. The molecule has 1 fully saturated rings. The second kappa shape index (κ2) is 8.55. The number of methoxy groups -OCH3 is 1. The van der Waals surface area contributed by atoms with E-state index in [1.54, 1.807) is 25.4 Å². The highest BCUT2D eigenvalue weighted by molar-refractivity contribution is 5.88. The monoisotopic (exact) mass is 308 g/mol. The number of carbonyl (C=O) groups excluding carboxylic acids is 1. The fourth-order valence-electron chi connectivity index (χ4n) is 2.37. The van der Waals surface area contributed by atoms with Gasteiger partial charge in [0.05, 0.1) is 18.5 Å². The van der Waals surface area contributed by atoms with Gasteiger partial charge in [-0.2, -0.15) is 0 Å². The molecule has 1 aliphatic heterocycles. The van der Waals surface area contributed by atoms with Gasteiger partial charge in [0.25, 0.3) is 0 Å². The van der Waals surface area contributed by atoms with E-state index >= 15 is 0 Å². The summed E-state index contributed by atoms with van der Waals surface area (Å²) in [6, 6.07) is 3.28. The van der Waals surface area contributed by atoms with E-state index in [4.69, 9.17) is 9.47 Å². The molecule has 0 bridgehead atoms. The molecule has 2 N–H and O–H groups in total. The molecule has 1 aromatic heterocycles. The zero-order chi connectivity index (χ0) is 15.8. The predicted octanol–water partition coefficient (Wildman–Crippen LogP) is 1.18. The minimum Gasteiger partial charge on any atom is -0.475 e. The molecule has 1 saturated heterocycles. The van der Waals surface area contributed by atoms with Crippen LogP contribution in [0, 0.1) is 5.92 Å². The summed E-state index contributed by atoms with van der Waals surface area (Å²) in [4.78, 5) is 18.2. The average Bonchev–Trinajstić information content (AvgIpc) is 2.93. The van der Waals surface area contributed by atoms with Gasteiger partial charge in [0.15, 0.2) is 0 Å². The fraction of sp³-hybridized carbons (Fsp3) is 0.600. The van der Waals surface area contributed by atoms with Crippen molar-refractivity contribution in [3.05, 3.63) is 18.3 Å². The third kappa shape index (κ3) is 5.50. The van der Waals surface area contributed by atoms with Gasteiger partial charge in [-0.15, -0.1) is 0 Å².